The highest BCUT2D eigenvalue weighted by molar-refractivity contribution is 6.35. The van der Waals surface area contributed by atoms with Crippen molar-refractivity contribution in [3.05, 3.63) is 41.6 Å². The van der Waals surface area contributed by atoms with Crippen LogP contribution in [-0.4, -0.2) is 4.98 Å². The molecule has 53 valence electrons. The lowest BCUT2D eigenvalue weighted by molar-refractivity contribution is 1.41. The van der Waals surface area contributed by atoms with Crippen LogP contribution < -0.4 is 0 Å². The van der Waals surface area contributed by atoms with E-state index in [-0.39, 0.29) is 0 Å². The van der Waals surface area contributed by atoms with Gasteiger partial charge in [0.2, 0.25) is 0 Å². The van der Waals surface area contributed by atoms with E-state index in [4.69, 9.17) is 11.6 Å². The number of aromatic nitrogens is 1. The molecule has 11 heavy (non-hydrogen) atoms. The molecule has 1 nitrogen and oxygen atoms in total. The Balaban J connectivity index is 2.91. The minimum absolute atomic E-state index is 0.729. The third-order valence-corrected chi connectivity index (χ3v) is 1.86. The maximum Gasteiger partial charge on any atom is 0.0717 e. The van der Waals surface area contributed by atoms with Crippen molar-refractivity contribution in [2.75, 3.05) is 0 Å². The zero-order valence-corrected chi connectivity index (χ0v) is 6.47. The Morgan fingerprint density at radius 1 is 1.36 bits per heavy atom. The lowest BCUT2D eigenvalue weighted by atomic mass is 10.2. The van der Waals surface area contributed by atoms with Gasteiger partial charge in [0.25, 0.3) is 0 Å². The van der Waals surface area contributed by atoms with Crippen molar-refractivity contribution in [1.82, 2.24) is 4.98 Å². The highest BCUT2D eigenvalue weighted by atomic mass is 35.5. The molecule has 1 aromatic heterocycles. The summed E-state index contributed by atoms with van der Waals surface area (Å²) in [5.41, 5.74) is 0.913. The van der Waals surface area contributed by atoms with Crippen LogP contribution >= 0.6 is 11.6 Å². The molecule has 1 aromatic carbocycles. The first-order valence-corrected chi connectivity index (χ1v) is 3.66. The Bertz CT molecular complexity index is 379. The zero-order valence-electron chi connectivity index (χ0n) is 5.71. The van der Waals surface area contributed by atoms with Crippen molar-refractivity contribution < 1.29 is 0 Å². The van der Waals surface area contributed by atoms with Crippen LogP contribution in [0.25, 0.3) is 10.9 Å². The average Bonchev–Trinajstić information content (AvgIpc) is 2.06. The zero-order chi connectivity index (χ0) is 7.68. The van der Waals surface area contributed by atoms with Crippen molar-refractivity contribution in [3.63, 3.8) is 0 Å². The molecule has 1 radical (unpaired) electrons. The Kier molecular flexibility index (Phi) is 1.51. The molecule has 1 heterocycles. The summed E-state index contributed by atoms with van der Waals surface area (Å²) in [6.07, 6.45) is 1.70. The summed E-state index contributed by atoms with van der Waals surface area (Å²) in [6, 6.07) is 10.3. The van der Waals surface area contributed by atoms with Crippen LogP contribution in [0.4, 0.5) is 0 Å². The molecule has 2 rings (SSSR count). The van der Waals surface area contributed by atoms with Crippen molar-refractivity contribution in [3.8, 4) is 0 Å². The minimum atomic E-state index is 0.729. The van der Waals surface area contributed by atoms with Gasteiger partial charge in [-0.2, -0.15) is 0 Å². The average molecular weight is 163 g/mol. The topological polar surface area (TPSA) is 12.9 Å². The molecule has 0 aliphatic rings. The van der Waals surface area contributed by atoms with E-state index in [0.29, 0.717) is 0 Å². The Labute approximate surface area is 69.6 Å². The molecular weight excluding hydrogens is 158 g/mol. The predicted molar refractivity (Wildman–Crippen MR) is 45.6 cm³/mol. The number of benzene rings is 1. The second-order valence-electron chi connectivity index (χ2n) is 2.24. The predicted octanol–water partition coefficient (Wildman–Crippen LogP) is 2.69. The van der Waals surface area contributed by atoms with Crippen LogP contribution in [0, 0.1) is 6.07 Å². The van der Waals surface area contributed by atoms with Gasteiger partial charge in [0.1, 0.15) is 0 Å². The van der Waals surface area contributed by atoms with Gasteiger partial charge in [0.05, 0.1) is 10.5 Å². The lowest BCUT2D eigenvalue weighted by Gasteiger charge is -1.95. The first kappa shape index (κ1) is 6.62. The SMILES string of the molecule is Clc1ccnc2cc[c]cc12. The van der Waals surface area contributed by atoms with Crippen LogP contribution in [0.2, 0.25) is 5.02 Å². The van der Waals surface area contributed by atoms with E-state index in [9.17, 15) is 0 Å². The van der Waals surface area contributed by atoms with Crippen LogP contribution in [0.15, 0.2) is 30.5 Å². The second-order valence-corrected chi connectivity index (χ2v) is 2.64. The molecule has 0 aliphatic carbocycles. The summed E-state index contributed by atoms with van der Waals surface area (Å²) in [5.74, 6) is 0. The molecule has 0 atom stereocenters. The fourth-order valence-electron chi connectivity index (χ4n) is 0.999. The lowest BCUT2D eigenvalue weighted by Crippen LogP contribution is -1.76. The van der Waals surface area contributed by atoms with E-state index in [1.165, 1.54) is 0 Å². The van der Waals surface area contributed by atoms with E-state index in [2.05, 4.69) is 11.1 Å². The second kappa shape index (κ2) is 2.51. The third kappa shape index (κ3) is 1.08. The van der Waals surface area contributed by atoms with Crippen molar-refractivity contribution in [1.29, 1.82) is 0 Å². The number of nitrogens with zero attached hydrogens (tertiary/aromatic N) is 1. The van der Waals surface area contributed by atoms with Gasteiger partial charge in [-0.15, -0.1) is 0 Å². The monoisotopic (exact) mass is 162 g/mol. The van der Waals surface area contributed by atoms with Gasteiger partial charge in [-0.1, -0.05) is 17.7 Å². The maximum absolute atomic E-state index is 5.90. The van der Waals surface area contributed by atoms with Gasteiger partial charge in [0.15, 0.2) is 0 Å². The third-order valence-electron chi connectivity index (χ3n) is 1.53. The summed E-state index contributed by atoms with van der Waals surface area (Å²) < 4.78 is 0. The largest absolute Gasteiger partial charge is 0.256 e. The maximum atomic E-state index is 5.90. The van der Waals surface area contributed by atoms with E-state index in [0.717, 1.165) is 15.9 Å². The van der Waals surface area contributed by atoms with E-state index in [1.54, 1.807) is 12.3 Å². The fourth-order valence-corrected chi connectivity index (χ4v) is 1.21. The van der Waals surface area contributed by atoms with Crippen molar-refractivity contribution in [2.45, 2.75) is 0 Å². The Hall–Kier alpha value is -1.08. The molecule has 0 amide bonds. The normalized spacial score (nSPS) is 10.3. The number of halogens is 1. The first-order chi connectivity index (χ1) is 5.38. The summed E-state index contributed by atoms with van der Waals surface area (Å²) in [6.45, 7) is 0. The molecule has 0 unspecified atom stereocenters. The van der Waals surface area contributed by atoms with Gasteiger partial charge < -0.3 is 0 Å². The molecular formula is C9H5ClN. The van der Waals surface area contributed by atoms with Crippen LogP contribution in [0.1, 0.15) is 0 Å². The van der Waals surface area contributed by atoms with Crippen LogP contribution in [0.5, 0.6) is 0 Å². The van der Waals surface area contributed by atoms with Crippen molar-refractivity contribution in [2.24, 2.45) is 0 Å². The molecule has 0 bridgehead atoms. The first-order valence-electron chi connectivity index (χ1n) is 3.28. The van der Waals surface area contributed by atoms with Crippen LogP contribution in [0.3, 0.4) is 0 Å². The Morgan fingerprint density at radius 2 is 2.27 bits per heavy atom. The van der Waals surface area contributed by atoms with Gasteiger partial charge in [-0.25, -0.2) is 0 Å². The standard InChI is InChI=1S/C9H5ClN/c10-8-5-6-11-9-4-2-1-3-7(8)9/h2-6H. The number of fused-ring (bicyclic) bond motifs is 1. The van der Waals surface area contributed by atoms with Crippen LogP contribution in [-0.2, 0) is 0 Å². The summed E-state index contributed by atoms with van der Waals surface area (Å²) in [5, 5.41) is 1.68. The molecule has 0 saturated carbocycles. The number of hydrogen-bond acceptors (Lipinski definition) is 1. The number of pyridine rings is 1. The number of rotatable bonds is 0. The van der Waals surface area contributed by atoms with Crippen molar-refractivity contribution >= 4 is 22.5 Å². The van der Waals surface area contributed by atoms with Gasteiger partial charge in [0, 0.05) is 11.6 Å². The molecule has 0 spiro atoms. The minimum Gasteiger partial charge on any atom is -0.256 e. The Morgan fingerprint density at radius 3 is 3.09 bits per heavy atom. The van der Waals surface area contributed by atoms with Gasteiger partial charge in [-0.05, 0) is 24.3 Å². The summed E-state index contributed by atoms with van der Waals surface area (Å²) >= 11 is 5.90. The molecule has 0 N–H and O–H groups in total. The van der Waals surface area contributed by atoms with Gasteiger partial charge >= 0.3 is 0 Å². The molecule has 0 aliphatic heterocycles. The van der Waals surface area contributed by atoms with Gasteiger partial charge in [-0.3, -0.25) is 4.98 Å². The molecule has 2 heteroatoms. The molecule has 0 fully saturated rings. The van der Waals surface area contributed by atoms with E-state index in [1.807, 2.05) is 18.2 Å². The fraction of sp³-hybridized carbons (Fsp3) is 0. The quantitative estimate of drug-likeness (QED) is 0.581. The number of hydrogen-bond donors (Lipinski definition) is 0. The highest BCUT2D eigenvalue weighted by Crippen LogP contribution is 2.19. The smallest absolute Gasteiger partial charge is 0.0717 e. The molecule has 2 aromatic rings. The molecule has 0 saturated heterocycles. The summed E-state index contributed by atoms with van der Waals surface area (Å²) in [4.78, 5) is 4.14. The summed E-state index contributed by atoms with van der Waals surface area (Å²) in [7, 11) is 0. The van der Waals surface area contributed by atoms with E-state index < -0.39 is 0 Å². The van der Waals surface area contributed by atoms with E-state index >= 15 is 0 Å². The highest BCUT2D eigenvalue weighted by Gasteiger charge is 1.95.